The molecular weight excluding hydrogens is 278 g/mol. The molecule has 3 rings (SSSR count). The van der Waals surface area contributed by atoms with Crippen LogP contribution >= 0.6 is 0 Å². The van der Waals surface area contributed by atoms with Gasteiger partial charge in [-0.3, -0.25) is 4.79 Å². The zero-order chi connectivity index (χ0) is 15.5. The summed E-state index contributed by atoms with van der Waals surface area (Å²) in [5.74, 6) is 0.756. The average Bonchev–Trinajstić information content (AvgIpc) is 2.99. The topological polar surface area (TPSA) is 57.0 Å². The zero-order valence-electron chi connectivity index (χ0n) is 12.4. The molecule has 0 saturated heterocycles. The molecule has 3 aromatic rings. The number of benzene rings is 2. The first kappa shape index (κ1) is 14.0. The van der Waals surface area contributed by atoms with Gasteiger partial charge < -0.3 is 4.74 Å². The molecule has 0 bridgehead atoms. The standard InChI is InChI=1S/C17H15N3O2/c1-12-5-3-4-6-16(12)20-17(15(11-21)18-19-20)13-7-9-14(22-2)10-8-13/h3-11H,1-2H3. The van der Waals surface area contributed by atoms with E-state index in [1.54, 1.807) is 11.8 Å². The van der Waals surface area contributed by atoms with E-state index in [9.17, 15) is 4.79 Å². The molecule has 0 aliphatic rings. The van der Waals surface area contributed by atoms with Crippen molar-refractivity contribution in [3.63, 3.8) is 0 Å². The molecule has 0 amide bonds. The molecular formula is C17H15N3O2. The smallest absolute Gasteiger partial charge is 0.172 e. The Morgan fingerprint density at radius 1 is 1.09 bits per heavy atom. The average molecular weight is 293 g/mol. The number of para-hydroxylation sites is 1. The Morgan fingerprint density at radius 2 is 1.82 bits per heavy atom. The fraction of sp³-hybridized carbons (Fsp3) is 0.118. The van der Waals surface area contributed by atoms with E-state index in [-0.39, 0.29) is 0 Å². The fourth-order valence-electron chi connectivity index (χ4n) is 2.36. The van der Waals surface area contributed by atoms with Crippen LogP contribution in [0.4, 0.5) is 0 Å². The zero-order valence-corrected chi connectivity index (χ0v) is 12.4. The van der Waals surface area contributed by atoms with Crippen molar-refractivity contribution in [2.45, 2.75) is 6.92 Å². The van der Waals surface area contributed by atoms with Crippen LogP contribution in [-0.4, -0.2) is 28.4 Å². The van der Waals surface area contributed by atoms with E-state index in [0.717, 1.165) is 28.8 Å². The van der Waals surface area contributed by atoms with Crippen molar-refractivity contribution in [1.82, 2.24) is 15.0 Å². The molecule has 1 heterocycles. The number of hydrogen-bond donors (Lipinski definition) is 0. The number of hydrogen-bond acceptors (Lipinski definition) is 4. The minimum absolute atomic E-state index is 0.313. The van der Waals surface area contributed by atoms with Gasteiger partial charge in [-0.15, -0.1) is 5.10 Å². The van der Waals surface area contributed by atoms with Crippen LogP contribution < -0.4 is 4.74 Å². The molecule has 0 unspecified atom stereocenters. The summed E-state index contributed by atoms with van der Waals surface area (Å²) < 4.78 is 6.86. The molecule has 22 heavy (non-hydrogen) atoms. The molecule has 1 aromatic heterocycles. The summed E-state index contributed by atoms with van der Waals surface area (Å²) in [6.07, 6.45) is 0.724. The van der Waals surface area contributed by atoms with Crippen LogP contribution in [0.25, 0.3) is 16.9 Å². The van der Waals surface area contributed by atoms with Crippen LogP contribution in [0.1, 0.15) is 16.1 Å². The predicted molar refractivity (Wildman–Crippen MR) is 83.5 cm³/mol. The van der Waals surface area contributed by atoms with E-state index in [2.05, 4.69) is 10.3 Å². The molecule has 0 radical (unpaired) electrons. The van der Waals surface area contributed by atoms with Gasteiger partial charge in [-0.25, -0.2) is 4.68 Å². The summed E-state index contributed by atoms with van der Waals surface area (Å²) in [6.45, 7) is 2.00. The highest BCUT2D eigenvalue weighted by atomic mass is 16.5. The number of rotatable bonds is 4. The lowest BCUT2D eigenvalue weighted by Crippen LogP contribution is -2.02. The normalized spacial score (nSPS) is 10.5. The largest absolute Gasteiger partial charge is 0.497 e. The quantitative estimate of drug-likeness (QED) is 0.694. The summed E-state index contributed by atoms with van der Waals surface area (Å²) in [5, 5.41) is 8.13. The van der Waals surface area contributed by atoms with Crippen molar-refractivity contribution in [2.24, 2.45) is 0 Å². The molecule has 0 N–H and O–H groups in total. The Balaban J connectivity index is 2.19. The second kappa shape index (κ2) is 5.81. The minimum Gasteiger partial charge on any atom is -0.497 e. The van der Waals surface area contributed by atoms with Gasteiger partial charge >= 0.3 is 0 Å². The molecule has 0 aliphatic heterocycles. The highest BCUT2D eigenvalue weighted by molar-refractivity contribution is 5.84. The van der Waals surface area contributed by atoms with E-state index >= 15 is 0 Å². The van der Waals surface area contributed by atoms with Crippen molar-refractivity contribution in [3.05, 3.63) is 59.8 Å². The van der Waals surface area contributed by atoms with Gasteiger partial charge in [0.05, 0.1) is 12.8 Å². The number of aromatic nitrogens is 3. The van der Waals surface area contributed by atoms with E-state index < -0.39 is 0 Å². The van der Waals surface area contributed by atoms with Crippen LogP contribution in [0.15, 0.2) is 48.5 Å². The SMILES string of the molecule is COc1ccc(-c2c(C=O)nnn2-c2ccccc2C)cc1. The molecule has 0 saturated carbocycles. The van der Waals surface area contributed by atoms with Gasteiger partial charge in [0.15, 0.2) is 12.0 Å². The van der Waals surface area contributed by atoms with Crippen LogP contribution in [0.5, 0.6) is 5.75 Å². The first-order valence-corrected chi connectivity index (χ1v) is 6.86. The third-order valence-electron chi connectivity index (χ3n) is 3.52. The molecule has 2 aromatic carbocycles. The molecule has 110 valence electrons. The number of carbonyl (C=O) groups is 1. The Labute approximate surface area is 128 Å². The lowest BCUT2D eigenvalue weighted by molar-refractivity contribution is 0.111. The number of nitrogens with zero attached hydrogens (tertiary/aromatic N) is 3. The third kappa shape index (κ3) is 2.37. The molecule has 0 atom stereocenters. The third-order valence-corrected chi connectivity index (χ3v) is 3.52. The first-order chi connectivity index (χ1) is 10.7. The summed E-state index contributed by atoms with van der Waals surface area (Å²) in [4.78, 5) is 11.3. The summed E-state index contributed by atoms with van der Waals surface area (Å²) in [7, 11) is 1.62. The van der Waals surface area contributed by atoms with Gasteiger partial charge in [-0.2, -0.15) is 0 Å². The van der Waals surface area contributed by atoms with Gasteiger partial charge in [0.1, 0.15) is 11.4 Å². The summed E-state index contributed by atoms with van der Waals surface area (Å²) in [5.41, 5.74) is 3.80. The van der Waals surface area contributed by atoms with Gasteiger partial charge in [0.25, 0.3) is 0 Å². The van der Waals surface area contributed by atoms with Crippen LogP contribution in [-0.2, 0) is 0 Å². The number of aldehydes is 1. The lowest BCUT2D eigenvalue weighted by Gasteiger charge is -2.10. The molecule has 5 nitrogen and oxygen atoms in total. The van der Waals surface area contributed by atoms with Gasteiger partial charge in [0.2, 0.25) is 0 Å². The lowest BCUT2D eigenvalue weighted by atomic mass is 10.1. The number of methoxy groups -OCH3 is 1. The molecule has 0 aliphatic carbocycles. The highest BCUT2D eigenvalue weighted by Crippen LogP contribution is 2.27. The number of ether oxygens (including phenoxy) is 1. The Kier molecular flexibility index (Phi) is 3.70. The monoisotopic (exact) mass is 293 g/mol. The van der Waals surface area contributed by atoms with Gasteiger partial charge in [0, 0.05) is 5.56 Å². The summed E-state index contributed by atoms with van der Waals surface area (Å²) >= 11 is 0. The molecule has 5 heteroatoms. The van der Waals surface area contributed by atoms with E-state index in [1.165, 1.54) is 0 Å². The highest BCUT2D eigenvalue weighted by Gasteiger charge is 2.16. The maximum atomic E-state index is 11.3. The summed E-state index contributed by atoms with van der Waals surface area (Å²) in [6, 6.07) is 15.3. The van der Waals surface area contributed by atoms with Crippen molar-refractivity contribution < 1.29 is 9.53 Å². The van der Waals surface area contributed by atoms with Crippen molar-refractivity contribution in [3.8, 4) is 22.7 Å². The first-order valence-electron chi connectivity index (χ1n) is 6.86. The Hall–Kier alpha value is -2.95. The van der Waals surface area contributed by atoms with Crippen LogP contribution in [0, 0.1) is 6.92 Å². The molecule has 0 spiro atoms. The fourth-order valence-corrected chi connectivity index (χ4v) is 2.36. The van der Waals surface area contributed by atoms with E-state index in [0.29, 0.717) is 11.4 Å². The van der Waals surface area contributed by atoms with Crippen LogP contribution in [0.2, 0.25) is 0 Å². The van der Waals surface area contributed by atoms with E-state index in [4.69, 9.17) is 4.74 Å². The Morgan fingerprint density at radius 3 is 2.45 bits per heavy atom. The predicted octanol–water partition coefficient (Wildman–Crippen LogP) is 3.06. The maximum absolute atomic E-state index is 11.3. The second-order valence-corrected chi connectivity index (χ2v) is 4.87. The van der Waals surface area contributed by atoms with E-state index in [1.807, 2.05) is 55.5 Å². The maximum Gasteiger partial charge on any atom is 0.172 e. The van der Waals surface area contributed by atoms with Crippen molar-refractivity contribution in [2.75, 3.05) is 7.11 Å². The number of aryl methyl sites for hydroxylation is 1. The molecule has 0 fully saturated rings. The second-order valence-electron chi connectivity index (χ2n) is 4.87. The number of carbonyl (C=O) groups excluding carboxylic acids is 1. The van der Waals surface area contributed by atoms with Crippen LogP contribution in [0.3, 0.4) is 0 Å². The van der Waals surface area contributed by atoms with Crippen molar-refractivity contribution >= 4 is 6.29 Å². The minimum atomic E-state index is 0.313. The Bertz CT molecular complexity index is 807. The van der Waals surface area contributed by atoms with Crippen molar-refractivity contribution in [1.29, 1.82) is 0 Å². The van der Waals surface area contributed by atoms with Gasteiger partial charge in [-0.05, 0) is 42.8 Å². The van der Waals surface area contributed by atoms with Gasteiger partial charge in [-0.1, -0.05) is 23.4 Å².